The van der Waals surface area contributed by atoms with Crippen molar-refractivity contribution in [2.45, 2.75) is 0 Å². The second kappa shape index (κ2) is 5.58. The van der Waals surface area contributed by atoms with Gasteiger partial charge in [-0.15, -0.1) is 0 Å². The van der Waals surface area contributed by atoms with Gasteiger partial charge in [0, 0.05) is 0 Å². The van der Waals surface area contributed by atoms with Gasteiger partial charge in [0.2, 0.25) is 0 Å². The molecule has 1 rings (SSSR count). The molecule has 0 heterocycles. The average molecular weight is 202 g/mol. The van der Waals surface area contributed by atoms with Gasteiger partial charge in [0.05, 0.1) is 7.11 Å². The first-order valence-electron chi connectivity index (χ1n) is 4.34. The molecule has 0 N–H and O–H groups in total. The van der Waals surface area contributed by atoms with Crippen molar-refractivity contribution in [1.82, 2.24) is 0 Å². The van der Waals surface area contributed by atoms with E-state index in [0.717, 1.165) is 5.56 Å². The average Bonchev–Trinajstić information content (AvgIpc) is 2.31. The predicted molar refractivity (Wildman–Crippen MR) is 56.7 cm³/mol. The summed E-state index contributed by atoms with van der Waals surface area (Å²) < 4.78 is 4.40. The Hall–Kier alpha value is -2.12. The highest BCUT2D eigenvalue weighted by molar-refractivity contribution is 6.00. The van der Waals surface area contributed by atoms with E-state index < -0.39 is 5.97 Å². The van der Waals surface area contributed by atoms with E-state index in [9.17, 15) is 9.59 Å². The van der Waals surface area contributed by atoms with E-state index in [4.69, 9.17) is 0 Å². The number of hydrogen-bond acceptors (Lipinski definition) is 3. The highest BCUT2D eigenvalue weighted by Gasteiger charge is 2.05. The zero-order valence-corrected chi connectivity index (χ0v) is 8.27. The van der Waals surface area contributed by atoms with Crippen LogP contribution >= 0.6 is 0 Å². The van der Waals surface area contributed by atoms with Gasteiger partial charge in [0.15, 0.2) is 0 Å². The predicted octanol–water partition coefficient (Wildman–Crippen LogP) is 1.63. The fourth-order valence-corrected chi connectivity index (χ4v) is 0.997. The van der Waals surface area contributed by atoms with Crippen molar-refractivity contribution in [3.63, 3.8) is 0 Å². The molecule has 0 spiro atoms. The molecule has 0 aromatic heterocycles. The van der Waals surface area contributed by atoms with E-state index in [1.807, 2.05) is 30.3 Å². The molecule has 0 saturated heterocycles. The van der Waals surface area contributed by atoms with Crippen molar-refractivity contribution >= 4 is 18.0 Å². The van der Waals surface area contributed by atoms with Crippen LogP contribution in [0.5, 0.6) is 0 Å². The molecule has 0 saturated carbocycles. The van der Waals surface area contributed by atoms with Crippen LogP contribution in [0.15, 0.2) is 42.0 Å². The van der Waals surface area contributed by atoms with Gasteiger partial charge in [-0.2, -0.15) is 0 Å². The van der Waals surface area contributed by atoms with Gasteiger partial charge in [0.1, 0.15) is 11.5 Å². The molecule has 76 valence electrons. The second-order valence-corrected chi connectivity index (χ2v) is 2.75. The third kappa shape index (κ3) is 3.25. The standard InChI is InChI=1S/C12H10O3/c1-15-12(14)11(9-13)8-7-10-5-3-2-4-6-10/h2-8H,1H3/b8-7+. The molecule has 0 aliphatic carbocycles. The highest BCUT2D eigenvalue weighted by atomic mass is 16.5. The summed E-state index contributed by atoms with van der Waals surface area (Å²) >= 11 is 0. The number of ether oxygens (including phenoxy) is 1. The summed E-state index contributed by atoms with van der Waals surface area (Å²) in [7, 11) is 1.22. The number of esters is 1. The summed E-state index contributed by atoms with van der Waals surface area (Å²) in [6.45, 7) is 0. The third-order valence-electron chi connectivity index (χ3n) is 1.76. The maximum absolute atomic E-state index is 11.0. The van der Waals surface area contributed by atoms with Crippen LogP contribution in [-0.4, -0.2) is 19.0 Å². The fourth-order valence-electron chi connectivity index (χ4n) is 0.997. The van der Waals surface area contributed by atoms with Crippen LogP contribution in [0.3, 0.4) is 0 Å². The van der Waals surface area contributed by atoms with Crippen LogP contribution in [0, 0.1) is 0 Å². The lowest BCUT2D eigenvalue weighted by Crippen LogP contribution is -2.02. The largest absolute Gasteiger partial charge is 0.465 e. The van der Waals surface area contributed by atoms with Crippen LogP contribution in [0.2, 0.25) is 0 Å². The van der Waals surface area contributed by atoms with Crippen molar-refractivity contribution in [1.29, 1.82) is 0 Å². The first-order valence-corrected chi connectivity index (χ1v) is 4.34. The molecular formula is C12H10O3. The van der Waals surface area contributed by atoms with Gasteiger partial charge >= 0.3 is 5.97 Å². The Morgan fingerprint density at radius 1 is 1.33 bits per heavy atom. The lowest BCUT2D eigenvalue weighted by molar-refractivity contribution is -0.135. The molecule has 0 aliphatic heterocycles. The Bertz CT molecular complexity index is 412. The van der Waals surface area contributed by atoms with Crippen molar-refractivity contribution in [3.05, 3.63) is 47.5 Å². The van der Waals surface area contributed by atoms with Crippen LogP contribution < -0.4 is 0 Å². The van der Waals surface area contributed by atoms with E-state index in [-0.39, 0.29) is 5.57 Å². The van der Waals surface area contributed by atoms with E-state index in [1.54, 1.807) is 6.08 Å². The number of methoxy groups -OCH3 is 1. The maximum atomic E-state index is 11.0. The maximum Gasteiger partial charge on any atom is 0.349 e. The summed E-state index contributed by atoms with van der Waals surface area (Å²) in [5.74, 6) is 0.845. The third-order valence-corrected chi connectivity index (χ3v) is 1.76. The summed E-state index contributed by atoms with van der Waals surface area (Å²) in [4.78, 5) is 21.4. The number of benzene rings is 1. The van der Waals surface area contributed by atoms with Crippen LogP contribution in [0.4, 0.5) is 0 Å². The molecule has 0 bridgehead atoms. The number of rotatable bonds is 3. The summed E-state index contributed by atoms with van der Waals surface area (Å²) in [6, 6.07) is 9.32. The number of carbonyl (C=O) groups excluding carboxylic acids is 2. The lowest BCUT2D eigenvalue weighted by atomic mass is 10.2. The molecule has 3 heteroatoms. The topological polar surface area (TPSA) is 43.4 Å². The van der Waals surface area contributed by atoms with Gasteiger partial charge in [-0.1, -0.05) is 36.4 Å². The minimum Gasteiger partial charge on any atom is -0.465 e. The molecule has 0 unspecified atom stereocenters. The molecular weight excluding hydrogens is 192 g/mol. The van der Waals surface area contributed by atoms with Crippen LogP contribution in [0.1, 0.15) is 5.56 Å². The zero-order chi connectivity index (χ0) is 11.1. The zero-order valence-electron chi connectivity index (χ0n) is 8.27. The van der Waals surface area contributed by atoms with Crippen molar-refractivity contribution in [2.24, 2.45) is 0 Å². The highest BCUT2D eigenvalue weighted by Crippen LogP contribution is 2.04. The SMILES string of the molecule is COC(=O)C(=C=O)/C=C/c1ccccc1. The number of carbonyl (C=O) groups is 1. The van der Waals surface area contributed by atoms with Crippen molar-refractivity contribution in [2.75, 3.05) is 7.11 Å². The Morgan fingerprint density at radius 3 is 2.53 bits per heavy atom. The molecule has 15 heavy (non-hydrogen) atoms. The monoisotopic (exact) mass is 202 g/mol. The molecule has 0 fully saturated rings. The molecule has 0 amide bonds. The van der Waals surface area contributed by atoms with Crippen LogP contribution in [-0.2, 0) is 14.3 Å². The first-order chi connectivity index (χ1) is 7.27. The molecule has 1 aromatic rings. The normalized spacial score (nSPS) is 9.67. The van der Waals surface area contributed by atoms with Gasteiger partial charge in [-0.3, -0.25) is 0 Å². The summed E-state index contributed by atoms with van der Waals surface area (Å²) in [5.41, 5.74) is 0.774. The van der Waals surface area contributed by atoms with Gasteiger partial charge in [-0.05, 0) is 11.6 Å². The Balaban J connectivity index is 2.81. The quantitative estimate of drug-likeness (QED) is 0.324. The van der Waals surface area contributed by atoms with Gasteiger partial charge < -0.3 is 4.74 Å². The Kier molecular flexibility index (Phi) is 4.07. The van der Waals surface area contributed by atoms with E-state index in [0.29, 0.717) is 0 Å². The molecule has 1 aromatic carbocycles. The first kappa shape index (κ1) is 11.0. The second-order valence-electron chi connectivity index (χ2n) is 2.75. The lowest BCUT2D eigenvalue weighted by Gasteiger charge is -1.94. The van der Waals surface area contributed by atoms with E-state index in [2.05, 4.69) is 4.74 Å². The molecule has 0 radical (unpaired) electrons. The van der Waals surface area contributed by atoms with Crippen LogP contribution in [0.25, 0.3) is 6.08 Å². The molecule has 0 aliphatic rings. The smallest absolute Gasteiger partial charge is 0.349 e. The Morgan fingerprint density at radius 2 is 2.00 bits per heavy atom. The van der Waals surface area contributed by atoms with Crippen molar-refractivity contribution < 1.29 is 14.3 Å². The summed E-state index contributed by atoms with van der Waals surface area (Å²) in [5, 5.41) is 0. The van der Waals surface area contributed by atoms with Gasteiger partial charge in [0.25, 0.3) is 0 Å². The molecule has 0 atom stereocenters. The minimum atomic E-state index is -0.683. The summed E-state index contributed by atoms with van der Waals surface area (Å²) in [6.07, 6.45) is 3.03. The van der Waals surface area contributed by atoms with Gasteiger partial charge in [-0.25, -0.2) is 9.59 Å². The fraction of sp³-hybridized carbons (Fsp3) is 0.0833. The minimum absolute atomic E-state index is 0.124. The van der Waals surface area contributed by atoms with E-state index in [1.165, 1.54) is 19.1 Å². The molecule has 3 nitrogen and oxygen atoms in total. The number of hydrogen-bond donors (Lipinski definition) is 0. The van der Waals surface area contributed by atoms with E-state index >= 15 is 0 Å². The van der Waals surface area contributed by atoms with Crippen molar-refractivity contribution in [3.8, 4) is 0 Å². The Labute approximate surface area is 87.7 Å².